The maximum Gasteiger partial charge on any atom is 0.229 e. The molecule has 0 radical (unpaired) electrons. The van der Waals surface area contributed by atoms with Crippen molar-refractivity contribution in [3.63, 3.8) is 0 Å². The predicted molar refractivity (Wildman–Crippen MR) is 89.7 cm³/mol. The predicted octanol–water partition coefficient (Wildman–Crippen LogP) is 3.04. The van der Waals surface area contributed by atoms with Gasteiger partial charge in [0.2, 0.25) is 5.95 Å². The normalized spacial score (nSPS) is 9.91. The summed E-state index contributed by atoms with van der Waals surface area (Å²) in [6, 6.07) is 21.1. The Balaban J connectivity index is 2.11. The van der Waals surface area contributed by atoms with Crippen LogP contribution >= 0.6 is 0 Å². The molecule has 0 unspecified atom stereocenters. The van der Waals surface area contributed by atoms with Crippen molar-refractivity contribution in [2.24, 2.45) is 5.84 Å². The summed E-state index contributed by atoms with van der Waals surface area (Å²) in [5.41, 5.74) is 4.96. The van der Waals surface area contributed by atoms with Crippen molar-refractivity contribution in [3.8, 4) is 17.3 Å². The lowest BCUT2D eigenvalue weighted by atomic mass is 10.1. The topological polar surface area (TPSA) is 99.7 Å². The van der Waals surface area contributed by atoms with Crippen LogP contribution in [0.2, 0.25) is 0 Å². The number of benzene rings is 2. The molecule has 4 N–H and O–H groups in total. The fourth-order valence-electron chi connectivity index (χ4n) is 2.18. The molecule has 6 heteroatoms. The molecule has 0 bridgehead atoms. The van der Waals surface area contributed by atoms with Gasteiger partial charge < -0.3 is 10.7 Å². The molecule has 2 aromatic carbocycles. The molecule has 0 spiro atoms. The van der Waals surface area contributed by atoms with Gasteiger partial charge in [-0.25, -0.2) is 10.8 Å². The van der Waals surface area contributed by atoms with Gasteiger partial charge in [-0.15, -0.1) is 0 Å². The van der Waals surface area contributed by atoms with Crippen molar-refractivity contribution in [1.82, 2.24) is 9.97 Å². The van der Waals surface area contributed by atoms with Crippen LogP contribution in [0.4, 0.5) is 17.5 Å². The van der Waals surface area contributed by atoms with E-state index < -0.39 is 0 Å². The minimum atomic E-state index is 0.278. The second kappa shape index (κ2) is 6.56. The third-order valence-corrected chi connectivity index (χ3v) is 3.23. The maximum atomic E-state index is 9.43. The number of nitriles is 1. The lowest BCUT2D eigenvalue weighted by Crippen LogP contribution is -2.13. The Morgan fingerprint density at radius 3 is 2.17 bits per heavy atom. The standard InChI is InChI=1S/C17H14N6/c18-11-14-15(12-7-3-1-4-8-12)21-17(22-16(14)23-19)20-13-9-5-2-6-10-13/h1-10H,19H2,(H2,20,21,22,23). The van der Waals surface area contributed by atoms with E-state index in [0.29, 0.717) is 17.2 Å². The van der Waals surface area contributed by atoms with Crippen molar-refractivity contribution >= 4 is 17.5 Å². The van der Waals surface area contributed by atoms with E-state index in [0.717, 1.165) is 11.3 Å². The van der Waals surface area contributed by atoms with Gasteiger partial charge >= 0.3 is 0 Å². The maximum absolute atomic E-state index is 9.43. The van der Waals surface area contributed by atoms with E-state index in [2.05, 4.69) is 26.8 Å². The molecular weight excluding hydrogens is 288 g/mol. The van der Waals surface area contributed by atoms with E-state index in [1.807, 2.05) is 60.7 Å². The number of rotatable bonds is 4. The lowest BCUT2D eigenvalue weighted by molar-refractivity contribution is 1.13. The first-order valence-electron chi connectivity index (χ1n) is 6.98. The van der Waals surface area contributed by atoms with Crippen LogP contribution in [-0.4, -0.2) is 9.97 Å². The van der Waals surface area contributed by atoms with Crippen LogP contribution in [0.3, 0.4) is 0 Å². The van der Waals surface area contributed by atoms with Gasteiger partial charge in [-0.1, -0.05) is 48.5 Å². The summed E-state index contributed by atoms with van der Waals surface area (Å²) < 4.78 is 0. The molecule has 0 saturated heterocycles. The Bertz CT molecular complexity index is 840. The summed E-state index contributed by atoms with van der Waals surface area (Å²) in [6.07, 6.45) is 0. The number of nitrogens with zero attached hydrogens (tertiary/aromatic N) is 3. The molecule has 112 valence electrons. The van der Waals surface area contributed by atoms with Gasteiger partial charge in [0, 0.05) is 11.3 Å². The van der Waals surface area contributed by atoms with Crippen LogP contribution in [0.5, 0.6) is 0 Å². The highest BCUT2D eigenvalue weighted by Gasteiger charge is 2.15. The van der Waals surface area contributed by atoms with Gasteiger partial charge in [-0.3, -0.25) is 0 Å². The van der Waals surface area contributed by atoms with Gasteiger partial charge in [0.25, 0.3) is 0 Å². The van der Waals surface area contributed by atoms with Crippen molar-refractivity contribution in [3.05, 3.63) is 66.2 Å². The highest BCUT2D eigenvalue weighted by Crippen LogP contribution is 2.27. The highest BCUT2D eigenvalue weighted by atomic mass is 15.3. The molecule has 0 aliphatic rings. The highest BCUT2D eigenvalue weighted by molar-refractivity contribution is 5.74. The Labute approximate surface area is 133 Å². The van der Waals surface area contributed by atoms with E-state index in [1.54, 1.807) is 0 Å². The number of hydrazine groups is 1. The number of para-hydroxylation sites is 1. The fourth-order valence-corrected chi connectivity index (χ4v) is 2.18. The smallest absolute Gasteiger partial charge is 0.229 e. The number of aromatic nitrogens is 2. The van der Waals surface area contributed by atoms with Crippen LogP contribution in [0.15, 0.2) is 60.7 Å². The third-order valence-electron chi connectivity index (χ3n) is 3.23. The van der Waals surface area contributed by atoms with Gasteiger partial charge in [-0.05, 0) is 12.1 Å². The summed E-state index contributed by atoms with van der Waals surface area (Å²) in [7, 11) is 0. The first-order valence-corrected chi connectivity index (χ1v) is 6.98. The molecule has 0 atom stereocenters. The molecule has 0 aliphatic carbocycles. The monoisotopic (exact) mass is 302 g/mol. The Kier molecular flexibility index (Phi) is 4.13. The molecule has 0 amide bonds. The molecule has 3 rings (SSSR count). The van der Waals surface area contributed by atoms with E-state index in [4.69, 9.17) is 5.84 Å². The summed E-state index contributed by atoms with van der Waals surface area (Å²) in [4.78, 5) is 8.74. The minimum Gasteiger partial charge on any atom is -0.324 e. The first-order chi connectivity index (χ1) is 11.3. The minimum absolute atomic E-state index is 0.278. The van der Waals surface area contributed by atoms with E-state index in [1.165, 1.54) is 0 Å². The summed E-state index contributed by atoms with van der Waals surface area (Å²) >= 11 is 0. The zero-order chi connectivity index (χ0) is 16.1. The van der Waals surface area contributed by atoms with Gasteiger partial charge in [0.15, 0.2) is 5.82 Å². The van der Waals surface area contributed by atoms with Crippen LogP contribution in [0.25, 0.3) is 11.3 Å². The quantitative estimate of drug-likeness (QED) is 0.506. The number of nitrogens with one attached hydrogen (secondary N) is 2. The number of hydrogen-bond acceptors (Lipinski definition) is 6. The van der Waals surface area contributed by atoms with Crippen LogP contribution < -0.4 is 16.6 Å². The Hall–Kier alpha value is -3.43. The molecule has 0 saturated carbocycles. The van der Waals surface area contributed by atoms with Gasteiger partial charge in [0.05, 0.1) is 5.69 Å². The fraction of sp³-hybridized carbons (Fsp3) is 0. The molecule has 6 nitrogen and oxygen atoms in total. The average Bonchev–Trinajstić information content (AvgIpc) is 2.62. The first kappa shape index (κ1) is 14.5. The van der Waals surface area contributed by atoms with Crippen molar-refractivity contribution in [2.45, 2.75) is 0 Å². The van der Waals surface area contributed by atoms with Crippen molar-refractivity contribution in [2.75, 3.05) is 10.7 Å². The number of nitrogens with two attached hydrogens (primary N) is 1. The molecule has 1 heterocycles. The lowest BCUT2D eigenvalue weighted by Gasteiger charge is -2.12. The van der Waals surface area contributed by atoms with Crippen LogP contribution in [0, 0.1) is 11.3 Å². The summed E-state index contributed by atoms with van der Waals surface area (Å²) in [6.45, 7) is 0. The van der Waals surface area contributed by atoms with Crippen molar-refractivity contribution in [1.29, 1.82) is 5.26 Å². The molecule has 1 aromatic heterocycles. The second-order valence-electron chi connectivity index (χ2n) is 4.73. The molecule has 0 fully saturated rings. The van der Waals surface area contributed by atoms with E-state index >= 15 is 0 Å². The Morgan fingerprint density at radius 1 is 0.913 bits per heavy atom. The van der Waals surface area contributed by atoms with E-state index in [-0.39, 0.29) is 5.82 Å². The summed E-state index contributed by atoms with van der Waals surface area (Å²) in [5.74, 6) is 6.16. The molecule has 3 aromatic rings. The second-order valence-corrected chi connectivity index (χ2v) is 4.73. The third kappa shape index (κ3) is 3.10. The Morgan fingerprint density at radius 2 is 1.57 bits per heavy atom. The number of nitrogen functional groups attached to an aromatic ring is 1. The zero-order valence-electron chi connectivity index (χ0n) is 12.2. The van der Waals surface area contributed by atoms with Crippen LogP contribution in [0.1, 0.15) is 5.56 Å². The largest absolute Gasteiger partial charge is 0.324 e. The summed E-state index contributed by atoms with van der Waals surface area (Å²) in [5, 5.41) is 12.5. The number of anilines is 3. The molecular formula is C17H14N6. The van der Waals surface area contributed by atoms with E-state index in [9.17, 15) is 5.26 Å². The van der Waals surface area contributed by atoms with Gasteiger partial charge in [-0.2, -0.15) is 10.2 Å². The zero-order valence-corrected chi connectivity index (χ0v) is 12.2. The average molecular weight is 302 g/mol. The van der Waals surface area contributed by atoms with Crippen LogP contribution in [-0.2, 0) is 0 Å². The molecule has 0 aliphatic heterocycles. The van der Waals surface area contributed by atoms with Gasteiger partial charge in [0.1, 0.15) is 11.6 Å². The number of hydrogen-bond donors (Lipinski definition) is 3. The molecule has 23 heavy (non-hydrogen) atoms. The van der Waals surface area contributed by atoms with Crippen molar-refractivity contribution < 1.29 is 0 Å². The SMILES string of the molecule is N#Cc1c(NN)nc(Nc2ccccc2)nc1-c1ccccc1.